The number of aromatic nitrogens is 1. The van der Waals surface area contributed by atoms with E-state index in [4.69, 9.17) is 4.42 Å². The van der Waals surface area contributed by atoms with E-state index in [1.54, 1.807) is 7.05 Å². The molecule has 0 bridgehead atoms. The first kappa shape index (κ1) is 15.6. The van der Waals surface area contributed by atoms with Gasteiger partial charge in [0.15, 0.2) is 5.96 Å². The van der Waals surface area contributed by atoms with E-state index in [0.29, 0.717) is 24.4 Å². The van der Waals surface area contributed by atoms with Gasteiger partial charge in [-0.05, 0) is 38.3 Å². The topological polar surface area (TPSA) is 62.5 Å². The van der Waals surface area contributed by atoms with E-state index in [1.807, 2.05) is 13.8 Å². The highest BCUT2D eigenvalue weighted by Gasteiger charge is 2.39. The van der Waals surface area contributed by atoms with E-state index >= 15 is 0 Å². The maximum atomic E-state index is 5.58. The van der Waals surface area contributed by atoms with Gasteiger partial charge in [0.25, 0.3) is 0 Å². The molecule has 1 aromatic heterocycles. The molecule has 2 aromatic rings. The molecule has 2 N–H and O–H groups in total. The number of rotatable bonds is 4. The standard InChI is InChI=1S/C18H24N4O/c1-11-7-5-6-8-14(11)15-9-16(15)22-18(19-4)20-10-17-21-12(2)13(3)23-17/h5-8,15-16H,9-10H2,1-4H3,(H2,19,20,22). The van der Waals surface area contributed by atoms with Gasteiger partial charge < -0.3 is 15.1 Å². The number of hydrogen-bond donors (Lipinski definition) is 2. The van der Waals surface area contributed by atoms with E-state index in [9.17, 15) is 0 Å². The zero-order chi connectivity index (χ0) is 16.4. The summed E-state index contributed by atoms with van der Waals surface area (Å²) in [6.07, 6.45) is 1.14. The normalized spacial score (nSPS) is 20.4. The molecule has 0 amide bonds. The third-order valence-corrected chi connectivity index (χ3v) is 4.40. The van der Waals surface area contributed by atoms with Crippen LogP contribution in [-0.4, -0.2) is 24.0 Å². The molecule has 1 aliphatic rings. The highest BCUT2D eigenvalue weighted by atomic mass is 16.4. The zero-order valence-corrected chi connectivity index (χ0v) is 14.2. The smallest absolute Gasteiger partial charge is 0.214 e. The largest absolute Gasteiger partial charge is 0.444 e. The summed E-state index contributed by atoms with van der Waals surface area (Å²) >= 11 is 0. The zero-order valence-electron chi connectivity index (χ0n) is 14.2. The minimum Gasteiger partial charge on any atom is -0.444 e. The molecule has 5 nitrogen and oxygen atoms in total. The Labute approximate surface area is 137 Å². The molecule has 1 saturated carbocycles. The molecule has 0 saturated heterocycles. The van der Waals surface area contributed by atoms with Crippen LogP contribution in [0.2, 0.25) is 0 Å². The van der Waals surface area contributed by atoms with Crippen LogP contribution in [0.15, 0.2) is 33.7 Å². The summed E-state index contributed by atoms with van der Waals surface area (Å²) in [5.74, 6) is 2.92. The van der Waals surface area contributed by atoms with E-state index in [-0.39, 0.29) is 0 Å². The van der Waals surface area contributed by atoms with Crippen LogP contribution < -0.4 is 10.6 Å². The summed E-state index contributed by atoms with van der Waals surface area (Å²) < 4.78 is 5.58. The van der Waals surface area contributed by atoms with Crippen molar-refractivity contribution in [2.24, 2.45) is 4.99 Å². The molecule has 1 fully saturated rings. The number of oxazole rings is 1. The lowest BCUT2D eigenvalue weighted by molar-refractivity contribution is 0.463. The van der Waals surface area contributed by atoms with Crippen LogP contribution in [0.3, 0.4) is 0 Å². The lowest BCUT2D eigenvalue weighted by atomic mass is 10.0. The Kier molecular flexibility index (Phi) is 4.37. The SMILES string of the molecule is CN=C(NCc1nc(C)c(C)o1)NC1CC1c1ccccc1C. The minimum atomic E-state index is 0.440. The van der Waals surface area contributed by atoms with Crippen LogP contribution in [0.1, 0.15) is 40.8 Å². The highest BCUT2D eigenvalue weighted by Crippen LogP contribution is 2.41. The average Bonchev–Trinajstić information content (AvgIpc) is 3.22. The first-order chi connectivity index (χ1) is 11.1. The Morgan fingerprint density at radius 1 is 1.30 bits per heavy atom. The molecule has 1 heterocycles. The number of benzene rings is 1. The monoisotopic (exact) mass is 312 g/mol. The summed E-state index contributed by atoms with van der Waals surface area (Å²) in [6.45, 7) is 6.59. The van der Waals surface area contributed by atoms with Crippen molar-refractivity contribution in [2.75, 3.05) is 7.05 Å². The molecule has 23 heavy (non-hydrogen) atoms. The van der Waals surface area contributed by atoms with Gasteiger partial charge in [-0.1, -0.05) is 24.3 Å². The van der Waals surface area contributed by atoms with Crippen LogP contribution in [-0.2, 0) is 6.54 Å². The predicted octanol–water partition coefficient (Wildman–Crippen LogP) is 2.82. The van der Waals surface area contributed by atoms with Crippen LogP contribution in [0.25, 0.3) is 0 Å². The second-order valence-corrected chi connectivity index (χ2v) is 6.12. The Morgan fingerprint density at radius 2 is 2.09 bits per heavy atom. The molecular weight excluding hydrogens is 288 g/mol. The maximum absolute atomic E-state index is 5.58. The third-order valence-electron chi connectivity index (χ3n) is 4.40. The van der Waals surface area contributed by atoms with Crippen molar-refractivity contribution in [2.45, 2.75) is 45.7 Å². The van der Waals surface area contributed by atoms with Crippen LogP contribution >= 0.6 is 0 Å². The summed E-state index contributed by atoms with van der Waals surface area (Å²) in [6, 6.07) is 9.03. The lowest BCUT2D eigenvalue weighted by Gasteiger charge is -2.11. The summed E-state index contributed by atoms with van der Waals surface area (Å²) in [7, 11) is 1.78. The molecular formula is C18H24N4O. The van der Waals surface area contributed by atoms with Crippen molar-refractivity contribution in [1.29, 1.82) is 0 Å². The van der Waals surface area contributed by atoms with Gasteiger partial charge in [-0.15, -0.1) is 0 Å². The second kappa shape index (κ2) is 6.44. The van der Waals surface area contributed by atoms with Gasteiger partial charge >= 0.3 is 0 Å². The van der Waals surface area contributed by atoms with Crippen LogP contribution in [0.4, 0.5) is 0 Å². The second-order valence-electron chi connectivity index (χ2n) is 6.12. The maximum Gasteiger partial charge on any atom is 0.214 e. The van der Waals surface area contributed by atoms with E-state index < -0.39 is 0 Å². The van der Waals surface area contributed by atoms with Gasteiger partial charge in [-0.2, -0.15) is 0 Å². The number of aliphatic imine (C=N–C) groups is 1. The fraction of sp³-hybridized carbons (Fsp3) is 0.444. The number of nitrogens with one attached hydrogen (secondary N) is 2. The van der Waals surface area contributed by atoms with Gasteiger partial charge in [0.2, 0.25) is 5.89 Å². The molecule has 0 radical (unpaired) electrons. The fourth-order valence-corrected chi connectivity index (χ4v) is 2.85. The first-order valence-corrected chi connectivity index (χ1v) is 8.04. The average molecular weight is 312 g/mol. The Morgan fingerprint density at radius 3 is 2.74 bits per heavy atom. The molecule has 3 rings (SSSR count). The molecule has 1 aliphatic carbocycles. The molecule has 0 aliphatic heterocycles. The van der Waals surface area contributed by atoms with Gasteiger partial charge in [0.05, 0.1) is 12.2 Å². The molecule has 1 aromatic carbocycles. The van der Waals surface area contributed by atoms with Crippen molar-refractivity contribution in [1.82, 2.24) is 15.6 Å². The van der Waals surface area contributed by atoms with Crippen molar-refractivity contribution in [3.8, 4) is 0 Å². The first-order valence-electron chi connectivity index (χ1n) is 8.04. The van der Waals surface area contributed by atoms with Gasteiger partial charge in [-0.25, -0.2) is 4.98 Å². The van der Waals surface area contributed by atoms with Crippen LogP contribution in [0, 0.1) is 20.8 Å². The van der Waals surface area contributed by atoms with Crippen molar-refractivity contribution in [3.05, 3.63) is 52.7 Å². The van der Waals surface area contributed by atoms with Crippen molar-refractivity contribution < 1.29 is 4.42 Å². The number of hydrogen-bond acceptors (Lipinski definition) is 3. The Balaban J connectivity index is 1.54. The molecule has 2 unspecified atom stereocenters. The molecule has 5 heteroatoms. The van der Waals surface area contributed by atoms with Gasteiger partial charge in [0, 0.05) is 19.0 Å². The van der Waals surface area contributed by atoms with Crippen molar-refractivity contribution in [3.63, 3.8) is 0 Å². The predicted molar refractivity (Wildman–Crippen MR) is 91.6 cm³/mol. The fourth-order valence-electron chi connectivity index (χ4n) is 2.85. The molecule has 2 atom stereocenters. The Bertz CT molecular complexity index is 700. The van der Waals surface area contributed by atoms with Crippen LogP contribution in [0.5, 0.6) is 0 Å². The third kappa shape index (κ3) is 3.55. The summed E-state index contributed by atoms with van der Waals surface area (Å²) in [5.41, 5.74) is 3.72. The van der Waals surface area contributed by atoms with Gasteiger partial charge in [0.1, 0.15) is 5.76 Å². The summed E-state index contributed by atoms with van der Waals surface area (Å²) in [4.78, 5) is 8.66. The number of guanidine groups is 1. The minimum absolute atomic E-state index is 0.440. The lowest BCUT2D eigenvalue weighted by Crippen LogP contribution is -2.38. The number of aryl methyl sites for hydroxylation is 3. The van der Waals surface area contributed by atoms with E-state index in [0.717, 1.165) is 23.8 Å². The van der Waals surface area contributed by atoms with E-state index in [2.05, 4.69) is 51.8 Å². The van der Waals surface area contributed by atoms with E-state index in [1.165, 1.54) is 11.1 Å². The van der Waals surface area contributed by atoms with Crippen molar-refractivity contribution >= 4 is 5.96 Å². The Hall–Kier alpha value is -2.30. The highest BCUT2D eigenvalue weighted by molar-refractivity contribution is 5.80. The number of nitrogens with zero attached hydrogens (tertiary/aromatic N) is 2. The van der Waals surface area contributed by atoms with Gasteiger partial charge in [-0.3, -0.25) is 4.99 Å². The quantitative estimate of drug-likeness (QED) is 0.673. The summed E-state index contributed by atoms with van der Waals surface area (Å²) in [5, 5.41) is 6.74. The molecule has 0 spiro atoms. The molecule has 122 valence electrons.